The Morgan fingerprint density at radius 2 is 2.00 bits per heavy atom. The van der Waals surface area contributed by atoms with E-state index in [2.05, 4.69) is 32.8 Å². The van der Waals surface area contributed by atoms with Gasteiger partial charge in [-0.3, -0.25) is 0 Å². The van der Waals surface area contributed by atoms with Crippen LogP contribution in [0.25, 0.3) is 0 Å². The third-order valence-electron chi connectivity index (χ3n) is 4.24. The van der Waals surface area contributed by atoms with Crippen molar-refractivity contribution in [2.45, 2.75) is 65.1 Å². The Balaban J connectivity index is 2.51. The topological polar surface area (TPSA) is 41.9 Å². The first kappa shape index (κ1) is 16.9. The normalized spacial score (nSPS) is 35.4. The smallest absolute Gasteiger partial charge is 0.161 e. The van der Waals surface area contributed by atoms with Crippen LogP contribution in [0.5, 0.6) is 0 Å². The summed E-state index contributed by atoms with van der Waals surface area (Å²) in [5.74, 6) is 0.494. The first-order valence-corrected chi connectivity index (χ1v) is 7.48. The molecular formula is C15H31NO3. The fourth-order valence-corrected chi connectivity index (χ4v) is 2.78. The summed E-state index contributed by atoms with van der Waals surface area (Å²) < 4.78 is 11.8. The minimum Gasteiger partial charge on any atom is -0.393 e. The maximum absolute atomic E-state index is 9.78. The summed E-state index contributed by atoms with van der Waals surface area (Å²) in [6.45, 7) is 8.85. The van der Waals surface area contributed by atoms with Crippen molar-refractivity contribution in [3.63, 3.8) is 0 Å². The van der Waals surface area contributed by atoms with Crippen LogP contribution >= 0.6 is 0 Å². The van der Waals surface area contributed by atoms with Crippen LogP contribution in [0, 0.1) is 11.8 Å². The lowest BCUT2D eigenvalue weighted by Crippen LogP contribution is -2.49. The summed E-state index contributed by atoms with van der Waals surface area (Å²) in [5, 5.41) is 9.78. The lowest BCUT2D eigenvalue weighted by Gasteiger charge is -2.42. The van der Waals surface area contributed by atoms with Crippen LogP contribution in [0.1, 0.15) is 40.5 Å². The molecule has 4 heteroatoms. The molecule has 1 aliphatic heterocycles. The molecule has 19 heavy (non-hydrogen) atoms. The van der Waals surface area contributed by atoms with Gasteiger partial charge in [-0.05, 0) is 33.9 Å². The predicted octanol–water partition coefficient (Wildman–Crippen LogP) is 2.11. The van der Waals surface area contributed by atoms with Crippen molar-refractivity contribution in [3.8, 4) is 0 Å². The molecule has 1 N–H and O–H groups in total. The van der Waals surface area contributed by atoms with E-state index in [0.717, 1.165) is 12.8 Å². The molecule has 0 saturated carbocycles. The summed E-state index contributed by atoms with van der Waals surface area (Å²) in [5.41, 5.74) is 0. The monoisotopic (exact) mass is 273 g/mol. The third kappa shape index (κ3) is 4.71. The van der Waals surface area contributed by atoms with Crippen LogP contribution in [-0.4, -0.2) is 55.2 Å². The summed E-state index contributed by atoms with van der Waals surface area (Å²) in [7, 11) is 4.22. The van der Waals surface area contributed by atoms with Gasteiger partial charge in [0.05, 0.1) is 18.8 Å². The molecule has 1 saturated heterocycles. The van der Waals surface area contributed by atoms with Gasteiger partial charge in [0.25, 0.3) is 0 Å². The highest BCUT2D eigenvalue weighted by molar-refractivity contribution is 4.83. The van der Waals surface area contributed by atoms with Crippen LogP contribution in [0.15, 0.2) is 0 Å². The number of hydrogen-bond acceptors (Lipinski definition) is 4. The van der Waals surface area contributed by atoms with Crippen LogP contribution in [0.3, 0.4) is 0 Å². The molecule has 0 aromatic rings. The van der Waals surface area contributed by atoms with Crippen molar-refractivity contribution in [2.24, 2.45) is 11.8 Å². The molecule has 0 aliphatic carbocycles. The molecule has 1 rings (SSSR count). The van der Waals surface area contributed by atoms with E-state index in [9.17, 15) is 5.11 Å². The van der Waals surface area contributed by atoms with E-state index in [-0.39, 0.29) is 24.4 Å². The molecule has 0 aromatic heterocycles. The quantitative estimate of drug-likeness (QED) is 0.805. The van der Waals surface area contributed by atoms with Crippen molar-refractivity contribution >= 4 is 0 Å². The lowest BCUT2D eigenvalue weighted by molar-refractivity contribution is -0.235. The average Bonchev–Trinajstić information content (AvgIpc) is 2.37. The van der Waals surface area contributed by atoms with Crippen molar-refractivity contribution in [1.82, 2.24) is 4.90 Å². The van der Waals surface area contributed by atoms with Gasteiger partial charge in [0.15, 0.2) is 6.29 Å². The number of nitrogens with zero attached hydrogens (tertiary/aromatic N) is 1. The van der Waals surface area contributed by atoms with Crippen molar-refractivity contribution in [1.29, 1.82) is 0 Å². The summed E-state index contributed by atoms with van der Waals surface area (Å²) >= 11 is 0. The maximum Gasteiger partial charge on any atom is 0.161 e. The molecule has 0 aromatic carbocycles. The highest BCUT2D eigenvalue weighted by atomic mass is 16.7. The molecule has 0 spiro atoms. The number of hydrogen-bond donors (Lipinski definition) is 1. The fourth-order valence-electron chi connectivity index (χ4n) is 2.78. The Kier molecular flexibility index (Phi) is 6.74. The molecule has 1 fully saturated rings. The first-order valence-electron chi connectivity index (χ1n) is 7.48. The van der Waals surface area contributed by atoms with Gasteiger partial charge in [-0.15, -0.1) is 0 Å². The third-order valence-corrected chi connectivity index (χ3v) is 4.24. The number of aliphatic hydroxyl groups excluding tert-OH is 1. The van der Waals surface area contributed by atoms with Crippen molar-refractivity contribution in [3.05, 3.63) is 0 Å². The molecule has 0 bridgehead atoms. The second-order valence-corrected chi connectivity index (χ2v) is 6.23. The molecule has 1 heterocycles. The number of rotatable bonds is 6. The van der Waals surface area contributed by atoms with E-state index in [1.54, 1.807) is 0 Å². The standard InChI is InChI=1S/C15H31NO3/c1-7-14(17)10(2)9-18-15-12(4)13(16(5)6)8-11(3)19-15/h10-15,17H,7-9H2,1-6H3/t10-,11-,12-,13+,14-,15?/m1/s1. The Morgan fingerprint density at radius 1 is 1.37 bits per heavy atom. The molecule has 6 atom stereocenters. The van der Waals surface area contributed by atoms with Gasteiger partial charge in [0.2, 0.25) is 0 Å². The second-order valence-electron chi connectivity index (χ2n) is 6.23. The Hall–Kier alpha value is -0.160. The zero-order valence-corrected chi connectivity index (χ0v) is 13.3. The molecule has 0 radical (unpaired) electrons. The average molecular weight is 273 g/mol. The zero-order chi connectivity index (χ0) is 14.6. The number of aliphatic hydroxyl groups is 1. The van der Waals surface area contributed by atoms with E-state index in [1.165, 1.54) is 0 Å². The van der Waals surface area contributed by atoms with Crippen molar-refractivity contribution in [2.75, 3.05) is 20.7 Å². The van der Waals surface area contributed by atoms with Gasteiger partial charge >= 0.3 is 0 Å². The van der Waals surface area contributed by atoms with Crippen LogP contribution < -0.4 is 0 Å². The molecule has 1 unspecified atom stereocenters. The largest absolute Gasteiger partial charge is 0.393 e. The van der Waals surface area contributed by atoms with Crippen LogP contribution in [-0.2, 0) is 9.47 Å². The summed E-state index contributed by atoms with van der Waals surface area (Å²) in [4.78, 5) is 2.25. The molecule has 4 nitrogen and oxygen atoms in total. The maximum atomic E-state index is 9.78. The van der Waals surface area contributed by atoms with E-state index < -0.39 is 0 Å². The van der Waals surface area contributed by atoms with Gasteiger partial charge in [-0.25, -0.2) is 0 Å². The summed E-state index contributed by atoms with van der Waals surface area (Å²) in [6, 6.07) is 0.486. The van der Waals surface area contributed by atoms with E-state index in [4.69, 9.17) is 9.47 Å². The van der Waals surface area contributed by atoms with E-state index in [0.29, 0.717) is 18.6 Å². The highest BCUT2D eigenvalue weighted by Gasteiger charge is 2.36. The fraction of sp³-hybridized carbons (Fsp3) is 1.00. The van der Waals surface area contributed by atoms with Crippen molar-refractivity contribution < 1.29 is 14.6 Å². The van der Waals surface area contributed by atoms with Gasteiger partial charge in [-0.2, -0.15) is 0 Å². The molecular weight excluding hydrogens is 242 g/mol. The lowest BCUT2D eigenvalue weighted by atomic mass is 9.92. The molecule has 1 aliphatic rings. The van der Waals surface area contributed by atoms with Crippen LogP contribution in [0.4, 0.5) is 0 Å². The first-order chi connectivity index (χ1) is 8.86. The van der Waals surface area contributed by atoms with Crippen LogP contribution in [0.2, 0.25) is 0 Å². The minimum absolute atomic E-state index is 0.149. The molecule has 0 amide bonds. The Labute approximate surface area is 118 Å². The van der Waals surface area contributed by atoms with Gasteiger partial charge in [-0.1, -0.05) is 20.8 Å². The minimum atomic E-state index is -0.291. The van der Waals surface area contributed by atoms with Gasteiger partial charge in [0, 0.05) is 17.9 Å². The molecule has 114 valence electrons. The number of ether oxygens (including phenoxy) is 2. The zero-order valence-electron chi connectivity index (χ0n) is 13.3. The predicted molar refractivity (Wildman–Crippen MR) is 77.0 cm³/mol. The van der Waals surface area contributed by atoms with E-state index >= 15 is 0 Å². The SMILES string of the molecule is CC[C@@H](O)[C@H](C)COC1O[C@H](C)C[C@H](N(C)C)[C@H]1C. The van der Waals surface area contributed by atoms with Gasteiger partial charge in [0.1, 0.15) is 0 Å². The second kappa shape index (κ2) is 7.58. The Bertz CT molecular complexity index is 260. The van der Waals surface area contributed by atoms with E-state index in [1.807, 2.05) is 13.8 Å². The summed E-state index contributed by atoms with van der Waals surface area (Å²) in [6.07, 6.45) is 1.58. The highest BCUT2D eigenvalue weighted by Crippen LogP contribution is 2.29. The van der Waals surface area contributed by atoms with Gasteiger partial charge < -0.3 is 19.5 Å². The Morgan fingerprint density at radius 3 is 2.53 bits per heavy atom.